The number of H-pyrrole nitrogens is 1. The lowest BCUT2D eigenvalue weighted by molar-refractivity contribution is -0.139. The largest absolute Gasteiger partial charge is 0.508 e. The van der Waals surface area contributed by atoms with E-state index in [4.69, 9.17) is 0 Å². The molecule has 2 unspecified atom stereocenters. The summed E-state index contributed by atoms with van der Waals surface area (Å²) in [5.41, 5.74) is 2.85. The minimum atomic E-state index is -0.742. The smallest absolute Gasteiger partial charge is 0.303 e. The van der Waals surface area contributed by atoms with Gasteiger partial charge in [-0.05, 0) is 43.0 Å². The first-order valence-electron chi connectivity index (χ1n) is 9.73. The number of imidazole rings is 1. The summed E-state index contributed by atoms with van der Waals surface area (Å²) in [5, 5.41) is 19.4. The highest BCUT2D eigenvalue weighted by atomic mass is 16.4. The number of aliphatic carboxylic acids is 1. The number of aromatic nitrogens is 2. The highest BCUT2D eigenvalue weighted by Gasteiger charge is 2.31. The van der Waals surface area contributed by atoms with Gasteiger partial charge in [0.15, 0.2) is 0 Å². The molecular formula is C22H25N3O3. The summed E-state index contributed by atoms with van der Waals surface area (Å²) in [6.07, 6.45) is 1.75. The number of phenols is 1. The van der Waals surface area contributed by atoms with Crippen LogP contribution in [0.15, 0.2) is 48.5 Å². The van der Waals surface area contributed by atoms with E-state index in [9.17, 15) is 15.0 Å². The number of aromatic hydroxyl groups is 1. The van der Waals surface area contributed by atoms with Gasteiger partial charge >= 0.3 is 5.97 Å². The quantitative estimate of drug-likeness (QED) is 0.611. The standard InChI is InChI=1S/C22H25N3O3/c26-20-8-4-1-5-16(20)13-25-10-9-15(12-22(27)28)17(14-25)11-21-23-18-6-2-3-7-19(18)24-21/h1-8,15,17,26H,9-14H2,(H,23,24)(H,27,28). The number of carboxylic acids is 1. The van der Waals surface area contributed by atoms with E-state index in [0.29, 0.717) is 12.3 Å². The Bertz CT molecular complexity index is 935. The van der Waals surface area contributed by atoms with Crippen LogP contribution in [-0.2, 0) is 17.8 Å². The van der Waals surface area contributed by atoms with Gasteiger partial charge in [-0.1, -0.05) is 30.3 Å². The molecular weight excluding hydrogens is 354 g/mol. The fourth-order valence-corrected chi connectivity index (χ4v) is 4.26. The maximum Gasteiger partial charge on any atom is 0.303 e. The molecule has 0 bridgehead atoms. The molecule has 28 heavy (non-hydrogen) atoms. The number of carbonyl (C=O) groups is 1. The van der Waals surface area contributed by atoms with Crippen LogP contribution in [-0.4, -0.2) is 44.1 Å². The van der Waals surface area contributed by atoms with E-state index in [1.165, 1.54) is 0 Å². The number of nitrogens with one attached hydrogen (secondary N) is 1. The van der Waals surface area contributed by atoms with Gasteiger partial charge < -0.3 is 15.2 Å². The van der Waals surface area contributed by atoms with Gasteiger partial charge in [-0.25, -0.2) is 4.98 Å². The maximum atomic E-state index is 11.4. The summed E-state index contributed by atoms with van der Waals surface area (Å²) in [6.45, 7) is 2.30. The highest BCUT2D eigenvalue weighted by molar-refractivity contribution is 5.74. The Labute approximate surface area is 163 Å². The number of likely N-dealkylation sites (tertiary alicyclic amines) is 1. The fraction of sp³-hybridized carbons (Fsp3) is 0.364. The van der Waals surface area contributed by atoms with Crippen LogP contribution in [0, 0.1) is 11.8 Å². The number of rotatable bonds is 6. The van der Waals surface area contributed by atoms with Crippen molar-refractivity contribution in [3.8, 4) is 5.75 Å². The van der Waals surface area contributed by atoms with Crippen molar-refractivity contribution in [1.82, 2.24) is 14.9 Å². The highest BCUT2D eigenvalue weighted by Crippen LogP contribution is 2.31. The number of carboxylic acid groups (broad SMARTS) is 1. The van der Waals surface area contributed by atoms with Crippen LogP contribution in [0.1, 0.15) is 24.2 Å². The molecule has 2 aromatic carbocycles. The molecule has 3 aromatic rings. The third-order valence-electron chi connectivity index (χ3n) is 5.69. The minimum Gasteiger partial charge on any atom is -0.508 e. The first kappa shape index (κ1) is 18.5. The molecule has 3 N–H and O–H groups in total. The molecule has 6 nitrogen and oxygen atoms in total. The van der Waals surface area contributed by atoms with Crippen molar-refractivity contribution >= 4 is 17.0 Å². The van der Waals surface area contributed by atoms with E-state index >= 15 is 0 Å². The first-order chi connectivity index (χ1) is 13.6. The fourth-order valence-electron chi connectivity index (χ4n) is 4.26. The van der Waals surface area contributed by atoms with Gasteiger partial charge in [0.2, 0.25) is 0 Å². The van der Waals surface area contributed by atoms with Crippen molar-refractivity contribution in [3.63, 3.8) is 0 Å². The Morgan fingerprint density at radius 1 is 1.14 bits per heavy atom. The van der Waals surface area contributed by atoms with Gasteiger partial charge in [0.1, 0.15) is 11.6 Å². The summed E-state index contributed by atoms with van der Waals surface area (Å²) in [7, 11) is 0. The third-order valence-corrected chi connectivity index (χ3v) is 5.69. The van der Waals surface area contributed by atoms with E-state index in [1.807, 2.05) is 42.5 Å². The second kappa shape index (κ2) is 8.02. The monoisotopic (exact) mass is 379 g/mol. The molecule has 1 saturated heterocycles. The lowest BCUT2D eigenvalue weighted by atomic mass is 9.81. The average molecular weight is 379 g/mol. The van der Waals surface area contributed by atoms with Crippen molar-refractivity contribution in [2.45, 2.75) is 25.8 Å². The summed E-state index contributed by atoms with van der Waals surface area (Å²) in [4.78, 5) is 21.7. The van der Waals surface area contributed by atoms with Gasteiger partial charge in [0.25, 0.3) is 0 Å². The Morgan fingerprint density at radius 3 is 2.71 bits per heavy atom. The number of para-hydroxylation sites is 3. The van der Waals surface area contributed by atoms with Crippen LogP contribution < -0.4 is 0 Å². The maximum absolute atomic E-state index is 11.4. The zero-order valence-corrected chi connectivity index (χ0v) is 15.7. The summed E-state index contributed by atoms with van der Waals surface area (Å²) in [5.74, 6) is 0.811. The van der Waals surface area contributed by atoms with Gasteiger partial charge in [0, 0.05) is 31.5 Å². The average Bonchev–Trinajstić information content (AvgIpc) is 3.08. The van der Waals surface area contributed by atoms with Gasteiger partial charge in [-0.3, -0.25) is 9.69 Å². The zero-order valence-electron chi connectivity index (χ0n) is 15.7. The van der Waals surface area contributed by atoms with Crippen molar-refractivity contribution < 1.29 is 15.0 Å². The molecule has 0 aliphatic carbocycles. The zero-order chi connectivity index (χ0) is 19.5. The topological polar surface area (TPSA) is 89.4 Å². The number of hydrogen-bond donors (Lipinski definition) is 3. The second-order valence-electron chi connectivity index (χ2n) is 7.68. The van der Waals surface area contributed by atoms with Crippen LogP contribution in [0.5, 0.6) is 5.75 Å². The molecule has 1 aromatic heterocycles. The minimum absolute atomic E-state index is 0.131. The number of piperidine rings is 1. The number of phenolic OH excluding ortho intramolecular Hbond substituents is 1. The molecule has 0 spiro atoms. The van der Waals surface area contributed by atoms with Crippen LogP contribution >= 0.6 is 0 Å². The molecule has 1 aliphatic heterocycles. The summed E-state index contributed by atoms with van der Waals surface area (Å²) >= 11 is 0. The van der Waals surface area contributed by atoms with E-state index in [-0.39, 0.29) is 18.3 Å². The van der Waals surface area contributed by atoms with Crippen molar-refractivity contribution in [2.75, 3.05) is 13.1 Å². The lowest BCUT2D eigenvalue weighted by Crippen LogP contribution is -2.41. The van der Waals surface area contributed by atoms with Gasteiger partial charge in [-0.2, -0.15) is 0 Å². The summed E-state index contributed by atoms with van der Waals surface area (Å²) < 4.78 is 0. The molecule has 1 fully saturated rings. The number of hydrogen-bond acceptors (Lipinski definition) is 4. The normalized spacial score (nSPS) is 20.4. The predicted octanol–water partition coefficient (Wildman–Crippen LogP) is 3.42. The van der Waals surface area contributed by atoms with E-state index in [2.05, 4.69) is 14.9 Å². The van der Waals surface area contributed by atoms with Crippen molar-refractivity contribution in [1.29, 1.82) is 0 Å². The van der Waals surface area contributed by atoms with E-state index in [1.54, 1.807) is 6.07 Å². The molecule has 4 rings (SSSR count). The number of aromatic amines is 1. The van der Waals surface area contributed by atoms with Gasteiger partial charge in [-0.15, -0.1) is 0 Å². The van der Waals surface area contributed by atoms with Crippen LogP contribution in [0.4, 0.5) is 0 Å². The Hall–Kier alpha value is -2.86. The first-order valence-corrected chi connectivity index (χ1v) is 9.73. The summed E-state index contributed by atoms with van der Waals surface area (Å²) in [6, 6.07) is 15.3. The Kier molecular flexibility index (Phi) is 5.30. The van der Waals surface area contributed by atoms with E-state index in [0.717, 1.165) is 48.4 Å². The van der Waals surface area contributed by atoms with Gasteiger partial charge in [0.05, 0.1) is 11.0 Å². The number of nitrogens with zero attached hydrogens (tertiary/aromatic N) is 2. The Morgan fingerprint density at radius 2 is 1.93 bits per heavy atom. The van der Waals surface area contributed by atoms with Crippen LogP contribution in [0.3, 0.4) is 0 Å². The van der Waals surface area contributed by atoms with Crippen LogP contribution in [0.2, 0.25) is 0 Å². The van der Waals surface area contributed by atoms with Crippen LogP contribution in [0.25, 0.3) is 11.0 Å². The predicted molar refractivity (Wildman–Crippen MR) is 107 cm³/mol. The SMILES string of the molecule is O=C(O)CC1CCN(Cc2ccccc2O)CC1Cc1nc2ccccc2[nH]1. The molecule has 1 aliphatic rings. The molecule has 2 atom stereocenters. The Balaban J connectivity index is 1.51. The van der Waals surface area contributed by atoms with Crippen molar-refractivity contribution in [2.24, 2.45) is 11.8 Å². The molecule has 6 heteroatoms. The lowest BCUT2D eigenvalue weighted by Gasteiger charge is -2.38. The number of benzene rings is 2. The van der Waals surface area contributed by atoms with Crippen molar-refractivity contribution in [3.05, 3.63) is 59.9 Å². The second-order valence-corrected chi connectivity index (χ2v) is 7.68. The third kappa shape index (κ3) is 4.17. The molecule has 0 amide bonds. The van der Waals surface area contributed by atoms with E-state index < -0.39 is 5.97 Å². The number of fused-ring (bicyclic) bond motifs is 1. The molecule has 0 saturated carbocycles. The molecule has 0 radical (unpaired) electrons. The molecule has 146 valence electrons. The molecule has 2 heterocycles.